The minimum absolute atomic E-state index is 0.732. The van der Waals surface area contributed by atoms with Crippen molar-refractivity contribution in [3.63, 3.8) is 0 Å². The molecule has 0 saturated carbocycles. The van der Waals surface area contributed by atoms with Gasteiger partial charge in [0.1, 0.15) is 12.2 Å². The molecule has 0 aliphatic heterocycles. The molecular weight excluding hydrogens is 252 g/mol. The van der Waals surface area contributed by atoms with Crippen LogP contribution in [0.5, 0.6) is 0 Å². The zero-order valence-corrected chi connectivity index (χ0v) is 12.4. The van der Waals surface area contributed by atoms with Gasteiger partial charge in [-0.25, -0.2) is 14.6 Å². The van der Waals surface area contributed by atoms with E-state index in [4.69, 9.17) is 0 Å². The van der Waals surface area contributed by atoms with Gasteiger partial charge in [0.25, 0.3) is 0 Å². The molecule has 0 aromatic carbocycles. The highest BCUT2D eigenvalue weighted by atomic mass is 15.3. The second-order valence-corrected chi connectivity index (χ2v) is 4.94. The molecule has 0 saturated heterocycles. The summed E-state index contributed by atoms with van der Waals surface area (Å²) in [7, 11) is 0. The van der Waals surface area contributed by atoms with Crippen LogP contribution in [0.25, 0.3) is 0 Å². The van der Waals surface area contributed by atoms with E-state index < -0.39 is 0 Å². The third kappa shape index (κ3) is 4.16. The molecule has 1 N–H and O–H groups in total. The predicted octanol–water partition coefficient (Wildman–Crippen LogP) is 1.47. The van der Waals surface area contributed by atoms with E-state index in [0.717, 1.165) is 50.5 Å². The molecular formula is C14H24N6. The maximum Gasteiger partial charge on any atom is 0.146 e. The summed E-state index contributed by atoms with van der Waals surface area (Å²) in [5, 5.41) is 7.63. The van der Waals surface area contributed by atoms with Gasteiger partial charge in [0, 0.05) is 25.7 Å². The molecule has 2 heterocycles. The number of hydrogen-bond donors (Lipinski definition) is 1. The highest BCUT2D eigenvalue weighted by Gasteiger charge is 2.05. The number of nitrogens with zero attached hydrogens (tertiary/aromatic N) is 5. The molecule has 6 heteroatoms. The lowest BCUT2D eigenvalue weighted by molar-refractivity contribution is 0.554. The maximum absolute atomic E-state index is 4.44. The van der Waals surface area contributed by atoms with Crippen LogP contribution in [0, 0.1) is 0 Å². The van der Waals surface area contributed by atoms with Crippen molar-refractivity contribution in [1.82, 2.24) is 29.6 Å². The van der Waals surface area contributed by atoms with Crippen molar-refractivity contribution in [3.05, 3.63) is 30.4 Å². The molecule has 20 heavy (non-hydrogen) atoms. The van der Waals surface area contributed by atoms with Gasteiger partial charge in [-0.2, -0.15) is 5.10 Å². The van der Waals surface area contributed by atoms with Crippen molar-refractivity contribution in [3.8, 4) is 0 Å². The van der Waals surface area contributed by atoms with Gasteiger partial charge in [0.15, 0.2) is 0 Å². The van der Waals surface area contributed by atoms with Crippen LogP contribution in [0.4, 0.5) is 0 Å². The van der Waals surface area contributed by atoms with Crippen molar-refractivity contribution in [2.75, 3.05) is 13.1 Å². The van der Waals surface area contributed by atoms with Crippen molar-refractivity contribution >= 4 is 0 Å². The molecule has 2 aromatic rings. The van der Waals surface area contributed by atoms with E-state index in [9.17, 15) is 0 Å². The summed E-state index contributed by atoms with van der Waals surface area (Å²) in [6.07, 6.45) is 8.79. The molecule has 0 radical (unpaired) electrons. The largest absolute Gasteiger partial charge is 0.330 e. The number of imidazole rings is 1. The summed E-state index contributed by atoms with van der Waals surface area (Å²) in [5.74, 6) is 0.986. The van der Waals surface area contributed by atoms with Crippen LogP contribution in [0.1, 0.15) is 38.2 Å². The summed E-state index contributed by atoms with van der Waals surface area (Å²) in [5.41, 5.74) is 1.12. The topological polar surface area (TPSA) is 60.6 Å². The summed E-state index contributed by atoms with van der Waals surface area (Å²) >= 11 is 0. The van der Waals surface area contributed by atoms with Gasteiger partial charge >= 0.3 is 0 Å². The Balaban J connectivity index is 1.87. The second-order valence-electron chi connectivity index (χ2n) is 4.94. The number of aryl methyl sites for hydroxylation is 1. The van der Waals surface area contributed by atoms with Gasteiger partial charge in [-0.15, -0.1) is 0 Å². The SMILES string of the molecule is CCCNCCc1cn(Cc2ncnn2CCC)cn1. The molecule has 6 nitrogen and oxygen atoms in total. The lowest BCUT2D eigenvalue weighted by Crippen LogP contribution is -2.17. The van der Waals surface area contributed by atoms with E-state index in [1.807, 2.05) is 11.0 Å². The minimum atomic E-state index is 0.732. The molecule has 0 bridgehead atoms. The average Bonchev–Trinajstić information content (AvgIpc) is 3.06. The highest BCUT2D eigenvalue weighted by Crippen LogP contribution is 2.03. The Morgan fingerprint density at radius 1 is 1.15 bits per heavy atom. The monoisotopic (exact) mass is 276 g/mol. The normalized spacial score (nSPS) is 11.1. The highest BCUT2D eigenvalue weighted by molar-refractivity contribution is 4.99. The van der Waals surface area contributed by atoms with Gasteiger partial charge in [0.2, 0.25) is 0 Å². The minimum Gasteiger partial charge on any atom is -0.330 e. The fourth-order valence-electron chi connectivity index (χ4n) is 2.11. The first-order valence-electron chi connectivity index (χ1n) is 7.41. The summed E-state index contributed by atoms with van der Waals surface area (Å²) in [4.78, 5) is 8.75. The van der Waals surface area contributed by atoms with E-state index in [1.54, 1.807) is 6.33 Å². The molecule has 0 fully saturated rings. The van der Waals surface area contributed by atoms with Crippen LogP contribution in [0.15, 0.2) is 18.9 Å². The van der Waals surface area contributed by atoms with E-state index in [0.29, 0.717) is 0 Å². The Kier molecular flexibility index (Phi) is 5.73. The molecule has 0 amide bonds. The van der Waals surface area contributed by atoms with Crippen molar-refractivity contribution < 1.29 is 0 Å². The third-order valence-corrected chi connectivity index (χ3v) is 3.13. The van der Waals surface area contributed by atoms with Gasteiger partial charge in [-0.05, 0) is 19.4 Å². The molecule has 0 aliphatic rings. The average molecular weight is 276 g/mol. The smallest absolute Gasteiger partial charge is 0.146 e. The predicted molar refractivity (Wildman–Crippen MR) is 78.5 cm³/mol. The fourth-order valence-corrected chi connectivity index (χ4v) is 2.11. The summed E-state index contributed by atoms with van der Waals surface area (Å²) in [6.45, 7) is 8.02. The molecule has 110 valence electrons. The van der Waals surface area contributed by atoms with Crippen LogP contribution in [-0.4, -0.2) is 37.4 Å². The number of aromatic nitrogens is 5. The molecule has 2 rings (SSSR count). The number of hydrogen-bond acceptors (Lipinski definition) is 4. The molecule has 2 aromatic heterocycles. The zero-order chi connectivity index (χ0) is 14.2. The molecule has 0 aliphatic carbocycles. The van der Waals surface area contributed by atoms with Gasteiger partial charge in [-0.1, -0.05) is 13.8 Å². The Morgan fingerprint density at radius 2 is 2.05 bits per heavy atom. The number of nitrogens with one attached hydrogen (secondary N) is 1. The fraction of sp³-hybridized carbons (Fsp3) is 0.643. The van der Waals surface area contributed by atoms with Crippen LogP contribution < -0.4 is 5.32 Å². The summed E-state index contributed by atoms with van der Waals surface area (Å²) < 4.78 is 4.04. The lowest BCUT2D eigenvalue weighted by atomic mass is 10.3. The zero-order valence-electron chi connectivity index (χ0n) is 12.4. The molecule has 0 atom stereocenters. The first kappa shape index (κ1) is 14.7. The van der Waals surface area contributed by atoms with E-state index in [2.05, 4.69) is 45.0 Å². The van der Waals surface area contributed by atoms with Crippen LogP contribution in [-0.2, 0) is 19.5 Å². The summed E-state index contributed by atoms with van der Waals surface area (Å²) in [6, 6.07) is 0. The van der Waals surface area contributed by atoms with E-state index in [-0.39, 0.29) is 0 Å². The van der Waals surface area contributed by atoms with Gasteiger partial charge in [0.05, 0.1) is 18.6 Å². The quantitative estimate of drug-likeness (QED) is 0.705. The van der Waals surface area contributed by atoms with E-state index >= 15 is 0 Å². The van der Waals surface area contributed by atoms with Crippen LogP contribution >= 0.6 is 0 Å². The first-order chi connectivity index (χ1) is 9.83. The van der Waals surface area contributed by atoms with Gasteiger partial charge in [-0.3, -0.25) is 0 Å². The van der Waals surface area contributed by atoms with E-state index in [1.165, 1.54) is 6.42 Å². The lowest BCUT2D eigenvalue weighted by Gasteiger charge is -2.04. The van der Waals surface area contributed by atoms with Gasteiger partial charge < -0.3 is 9.88 Å². The van der Waals surface area contributed by atoms with Crippen LogP contribution in [0.2, 0.25) is 0 Å². The Hall–Kier alpha value is -1.69. The van der Waals surface area contributed by atoms with Crippen LogP contribution in [0.3, 0.4) is 0 Å². The Morgan fingerprint density at radius 3 is 2.85 bits per heavy atom. The van der Waals surface area contributed by atoms with Crippen molar-refractivity contribution in [1.29, 1.82) is 0 Å². The van der Waals surface area contributed by atoms with Crippen molar-refractivity contribution in [2.45, 2.75) is 46.2 Å². The molecule has 0 spiro atoms. The Bertz CT molecular complexity index is 501. The first-order valence-corrected chi connectivity index (χ1v) is 7.41. The third-order valence-electron chi connectivity index (χ3n) is 3.13. The number of rotatable bonds is 9. The second kappa shape index (κ2) is 7.79. The maximum atomic E-state index is 4.44. The van der Waals surface area contributed by atoms with Crippen molar-refractivity contribution in [2.24, 2.45) is 0 Å². The Labute approximate surface area is 120 Å². The molecule has 0 unspecified atom stereocenters. The standard InChI is InChI=1S/C14H24N6/c1-3-6-15-7-5-13-9-19(12-17-13)10-14-16-11-18-20(14)8-4-2/h9,11-12,15H,3-8,10H2,1-2H3.